The predicted octanol–water partition coefficient (Wildman–Crippen LogP) is 2.49. The Morgan fingerprint density at radius 3 is 2.73 bits per heavy atom. The standard InChI is InChI=1S/C22H29N5O5S/c1-22(2,3)32-21(29)25-19(20(28)27-9-5-6-16(27)12-23)10-14-13-24-18-8-7-15(11-17(14)18)26-33(4,30)31/h7-8,11,13,16,19,24,26H,5-6,9-10H2,1-4H3,(H,25,29)/t16?,19-/m0/s1. The molecule has 1 fully saturated rings. The third kappa shape index (κ3) is 6.38. The molecule has 2 heterocycles. The highest BCUT2D eigenvalue weighted by Gasteiger charge is 2.35. The van der Waals surface area contributed by atoms with Gasteiger partial charge in [0, 0.05) is 35.8 Å². The van der Waals surface area contributed by atoms with Gasteiger partial charge in [-0.15, -0.1) is 0 Å². The third-order valence-corrected chi connectivity index (χ3v) is 5.78. The molecule has 2 amide bonds. The topological polar surface area (TPSA) is 144 Å². The van der Waals surface area contributed by atoms with Crippen molar-refractivity contribution in [2.45, 2.75) is 57.7 Å². The molecule has 11 heteroatoms. The first-order valence-electron chi connectivity index (χ1n) is 10.6. The van der Waals surface area contributed by atoms with E-state index in [4.69, 9.17) is 4.74 Å². The predicted molar refractivity (Wildman–Crippen MR) is 124 cm³/mol. The number of fused-ring (bicyclic) bond motifs is 1. The van der Waals surface area contributed by atoms with E-state index < -0.39 is 33.8 Å². The smallest absolute Gasteiger partial charge is 0.408 e. The largest absolute Gasteiger partial charge is 0.444 e. The lowest BCUT2D eigenvalue weighted by Gasteiger charge is -2.27. The van der Waals surface area contributed by atoms with Crippen LogP contribution in [0.5, 0.6) is 0 Å². The van der Waals surface area contributed by atoms with Gasteiger partial charge in [-0.3, -0.25) is 9.52 Å². The summed E-state index contributed by atoms with van der Waals surface area (Å²) in [5.41, 5.74) is 1.11. The Balaban J connectivity index is 1.91. The molecule has 3 rings (SSSR count). The number of sulfonamides is 1. The molecule has 33 heavy (non-hydrogen) atoms. The second-order valence-electron chi connectivity index (χ2n) is 9.17. The van der Waals surface area contributed by atoms with E-state index in [-0.39, 0.29) is 12.3 Å². The van der Waals surface area contributed by atoms with E-state index >= 15 is 0 Å². The average molecular weight is 476 g/mol. The number of likely N-dealkylation sites (tertiary alicyclic amines) is 1. The number of anilines is 1. The Morgan fingerprint density at radius 1 is 1.36 bits per heavy atom. The molecule has 1 aromatic carbocycles. The van der Waals surface area contributed by atoms with Crippen LogP contribution in [0.1, 0.15) is 39.2 Å². The van der Waals surface area contributed by atoms with Crippen molar-refractivity contribution in [2.24, 2.45) is 0 Å². The number of hydrogen-bond donors (Lipinski definition) is 3. The van der Waals surface area contributed by atoms with Crippen molar-refractivity contribution in [2.75, 3.05) is 17.5 Å². The van der Waals surface area contributed by atoms with Crippen LogP contribution in [0.3, 0.4) is 0 Å². The third-order valence-electron chi connectivity index (χ3n) is 5.17. The van der Waals surface area contributed by atoms with Gasteiger partial charge in [0.05, 0.1) is 12.3 Å². The van der Waals surface area contributed by atoms with E-state index in [0.717, 1.165) is 18.2 Å². The number of nitriles is 1. The number of nitrogens with one attached hydrogen (secondary N) is 3. The van der Waals surface area contributed by atoms with E-state index in [1.54, 1.807) is 45.2 Å². The number of carbonyl (C=O) groups excluding carboxylic acids is 2. The van der Waals surface area contributed by atoms with Crippen molar-refractivity contribution in [3.8, 4) is 6.07 Å². The van der Waals surface area contributed by atoms with Crippen LogP contribution in [0, 0.1) is 11.3 Å². The van der Waals surface area contributed by atoms with Crippen molar-refractivity contribution in [1.29, 1.82) is 5.26 Å². The van der Waals surface area contributed by atoms with Crippen molar-refractivity contribution in [3.63, 3.8) is 0 Å². The highest BCUT2D eigenvalue weighted by Crippen LogP contribution is 2.25. The molecule has 3 N–H and O–H groups in total. The van der Waals surface area contributed by atoms with Gasteiger partial charge in [-0.05, 0) is 57.4 Å². The molecule has 10 nitrogen and oxygen atoms in total. The number of rotatable bonds is 6. The van der Waals surface area contributed by atoms with Crippen LogP contribution >= 0.6 is 0 Å². The highest BCUT2D eigenvalue weighted by molar-refractivity contribution is 7.92. The molecule has 1 aliphatic rings. The molecule has 0 bridgehead atoms. The van der Waals surface area contributed by atoms with Crippen LogP contribution in [-0.4, -0.2) is 60.8 Å². The van der Waals surface area contributed by atoms with E-state index in [1.165, 1.54) is 4.90 Å². The lowest BCUT2D eigenvalue weighted by Crippen LogP contribution is -2.51. The molecule has 0 spiro atoms. The summed E-state index contributed by atoms with van der Waals surface area (Å²) in [5.74, 6) is -0.357. The Labute approximate surface area is 193 Å². The maximum Gasteiger partial charge on any atom is 0.408 e. The molecule has 2 atom stereocenters. The molecule has 2 aromatic rings. The molecule has 1 aliphatic heterocycles. The molecule has 0 radical (unpaired) electrons. The minimum Gasteiger partial charge on any atom is -0.444 e. The van der Waals surface area contributed by atoms with Crippen LogP contribution < -0.4 is 10.0 Å². The van der Waals surface area contributed by atoms with Gasteiger partial charge in [0.15, 0.2) is 0 Å². The van der Waals surface area contributed by atoms with Crippen LogP contribution in [-0.2, 0) is 26.0 Å². The molecule has 0 aliphatic carbocycles. The van der Waals surface area contributed by atoms with Gasteiger partial charge < -0.3 is 19.9 Å². The molecule has 1 unspecified atom stereocenters. The molecule has 0 saturated carbocycles. The maximum absolute atomic E-state index is 13.3. The number of ether oxygens (including phenoxy) is 1. The van der Waals surface area contributed by atoms with Crippen molar-refractivity contribution in [3.05, 3.63) is 30.0 Å². The van der Waals surface area contributed by atoms with Crippen molar-refractivity contribution >= 4 is 38.6 Å². The second-order valence-corrected chi connectivity index (χ2v) is 10.9. The SMILES string of the molecule is CC(C)(C)OC(=O)N[C@@H](Cc1c[nH]c2ccc(NS(C)(=O)=O)cc12)C(=O)N1CCCC1C#N. The molecular formula is C22H29N5O5S. The number of amides is 2. The van der Waals surface area contributed by atoms with Crippen molar-refractivity contribution < 1.29 is 22.7 Å². The van der Waals surface area contributed by atoms with E-state index in [2.05, 4.69) is 21.1 Å². The monoisotopic (exact) mass is 475 g/mol. The first-order valence-corrected chi connectivity index (χ1v) is 12.5. The molecular weight excluding hydrogens is 446 g/mol. The van der Waals surface area contributed by atoms with Gasteiger partial charge in [0.1, 0.15) is 17.7 Å². The summed E-state index contributed by atoms with van der Waals surface area (Å²) in [6, 6.07) is 5.69. The Bertz CT molecular complexity index is 1190. The minimum atomic E-state index is -3.46. The normalized spacial score (nSPS) is 17.4. The quantitative estimate of drug-likeness (QED) is 0.585. The number of hydrogen-bond acceptors (Lipinski definition) is 6. The fraction of sp³-hybridized carbons (Fsp3) is 0.500. The Kier molecular flexibility index (Phi) is 6.88. The van der Waals surface area contributed by atoms with E-state index in [0.29, 0.717) is 29.6 Å². The van der Waals surface area contributed by atoms with Gasteiger partial charge >= 0.3 is 6.09 Å². The summed E-state index contributed by atoms with van der Waals surface area (Å²) >= 11 is 0. The molecule has 178 valence electrons. The van der Waals surface area contributed by atoms with E-state index in [9.17, 15) is 23.3 Å². The zero-order valence-electron chi connectivity index (χ0n) is 19.1. The number of aromatic nitrogens is 1. The van der Waals surface area contributed by atoms with Gasteiger partial charge in [0.2, 0.25) is 15.9 Å². The molecule has 1 aromatic heterocycles. The van der Waals surface area contributed by atoms with Crippen LogP contribution in [0.4, 0.5) is 10.5 Å². The number of H-pyrrole nitrogens is 1. The van der Waals surface area contributed by atoms with Gasteiger partial charge in [-0.25, -0.2) is 13.2 Å². The second kappa shape index (κ2) is 9.31. The number of alkyl carbamates (subject to hydrolysis) is 1. The van der Waals surface area contributed by atoms with Crippen molar-refractivity contribution in [1.82, 2.24) is 15.2 Å². The Hall–Kier alpha value is -3.26. The number of benzene rings is 1. The average Bonchev–Trinajstić information content (AvgIpc) is 3.31. The first-order chi connectivity index (χ1) is 15.4. The summed E-state index contributed by atoms with van der Waals surface area (Å²) in [5, 5.41) is 12.8. The number of nitrogens with zero attached hydrogens (tertiary/aromatic N) is 2. The van der Waals surface area contributed by atoms with Crippen LogP contribution in [0.2, 0.25) is 0 Å². The fourth-order valence-corrected chi connectivity index (χ4v) is 4.41. The van der Waals surface area contributed by atoms with E-state index in [1.807, 2.05) is 0 Å². The summed E-state index contributed by atoms with van der Waals surface area (Å²) < 4.78 is 31.0. The maximum atomic E-state index is 13.3. The van der Waals surface area contributed by atoms with Crippen LogP contribution in [0.15, 0.2) is 24.4 Å². The Morgan fingerprint density at radius 2 is 2.09 bits per heavy atom. The van der Waals surface area contributed by atoms with Gasteiger partial charge in [0.25, 0.3) is 0 Å². The molecule has 1 saturated heterocycles. The van der Waals surface area contributed by atoms with Gasteiger partial charge in [-0.2, -0.15) is 5.26 Å². The summed E-state index contributed by atoms with van der Waals surface area (Å²) in [6.45, 7) is 5.63. The first kappa shape index (κ1) is 24.4. The lowest BCUT2D eigenvalue weighted by atomic mass is 10.0. The number of carbonyl (C=O) groups is 2. The van der Waals surface area contributed by atoms with Crippen LogP contribution in [0.25, 0.3) is 10.9 Å². The number of aromatic amines is 1. The highest BCUT2D eigenvalue weighted by atomic mass is 32.2. The fourth-order valence-electron chi connectivity index (χ4n) is 3.86. The minimum absolute atomic E-state index is 0.134. The van der Waals surface area contributed by atoms with Gasteiger partial charge in [-0.1, -0.05) is 0 Å². The summed E-state index contributed by atoms with van der Waals surface area (Å²) in [7, 11) is -3.46. The zero-order valence-corrected chi connectivity index (χ0v) is 20.0. The summed E-state index contributed by atoms with van der Waals surface area (Å²) in [4.78, 5) is 30.4. The summed E-state index contributed by atoms with van der Waals surface area (Å²) in [6.07, 6.45) is 3.50. The zero-order chi connectivity index (χ0) is 24.4. The lowest BCUT2D eigenvalue weighted by molar-refractivity contribution is -0.133.